The van der Waals surface area contributed by atoms with Gasteiger partial charge in [-0.2, -0.15) is 0 Å². The molecule has 1 unspecified atom stereocenters. The molecule has 0 saturated carbocycles. The van der Waals surface area contributed by atoms with Crippen LogP contribution in [0.1, 0.15) is 80.1 Å². The Labute approximate surface area is 192 Å². The highest BCUT2D eigenvalue weighted by atomic mass is 16.5. The van der Waals surface area contributed by atoms with Crippen molar-refractivity contribution in [2.45, 2.75) is 58.3 Å². The molecule has 32 heavy (non-hydrogen) atoms. The number of hydrogen-bond acceptors (Lipinski definition) is 3. The third-order valence-corrected chi connectivity index (χ3v) is 5.85. The molecule has 0 radical (unpaired) electrons. The van der Waals surface area contributed by atoms with Crippen LogP contribution in [0.2, 0.25) is 0 Å². The van der Waals surface area contributed by atoms with Crippen molar-refractivity contribution in [2.24, 2.45) is 0 Å². The predicted octanol–water partition coefficient (Wildman–Crippen LogP) is 7.01. The first-order valence-corrected chi connectivity index (χ1v) is 11.0. The summed E-state index contributed by atoms with van der Waals surface area (Å²) >= 11 is 0. The van der Waals surface area contributed by atoms with E-state index >= 15 is 0 Å². The molecule has 0 fully saturated rings. The van der Waals surface area contributed by atoms with E-state index in [1.807, 2.05) is 66.7 Å². The molecule has 3 nitrogen and oxygen atoms in total. The van der Waals surface area contributed by atoms with Gasteiger partial charge in [0.1, 0.15) is 11.5 Å². The van der Waals surface area contributed by atoms with E-state index in [-0.39, 0.29) is 16.6 Å². The third-order valence-electron chi connectivity index (χ3n) is 5.85. The molecule has 0 bridgehead atoms. The maximum absolute atomic E-state index is 13.8. The van der Waals surface area contributed by atoms with E-state index in [1.165, 1.54) is 0 Å². The molecule has 1 N–H and O–H groups in total. The summed E-state index contributed by atoms with van der Waals surface area (Å²) in [5.41, 5.74) is 3.60. The van der Waals surface area contributed by atoms with Gasteiger partial charge in [-0.3, -0.25) is 4.79 Å². The molecule has 0 aliphatic carbocycles. The number of carbonyl (C=O) groups excluding carboxylic acids is 1. The molecular formula is C29H34O3. The third kappa shape index (κ3) is 4.88. The maximum Gasteiger partial charge on any atom is 0.174 e. The zero-order valence-corrected chi connectivity index (χ0v) is 20.2. The first-order chi connectivity index (χ1) is 14.9. The Hall–Kier alpha value is -3.07. The summed E-state index contributed by atoms with van der Waals surface area (Å²) in [5, 5.41) is 11.2. The van der Waals surface area contributed by atoms with Crippen LogP contribution in [0.5, 0.6) is 11.5 Å². The number of Topliss-reactive ketones (excluding diaryl/α,β-unsaturated/α-hetero) is 1. The largest absolute Gasteiger partial charge is 0.507 e. The first kappa shape index (κ1) is 23.6. The summed E-state index contributed by atoms with van der Waals surface area (Å²) < 4.78 is 5.26. The lowest BCUT2D eigenvalue weighted by Crippen LogP contribution is -2.21. The fraction of sp³-hybridized carbons (Fsp3) is 0.345. The maximum atomic E-state index is 13.8. The number of phenolic OH excluding ortho intramolecular Hbond substituents is 1. The Morgan fingerprint density at radius 1 is 0.781 bits per heavy atom. The zero-order valence-electron chi connectivity index (χ0n) is 20.2. The van der Waals surface area contributed by atoms with E-state index in [4.69, 9.17) is 4.74 Å². The summed E-state index contributed by atoms with van der Waals surface area (Å²) in [6.45, 7) is 12.5. The Morgan fingerprint density at radius 3 is 1.72 bits per heavy atom. The van der Waals surface area contributed by atoms with Gasteiger partial charge in [-0.15, -0.1) is 0 Å². The molecule has 0 saturated heterocycles. The Kier molecular flexibility index (Phi) is 6.50. The van der Waals surface area contributed by atoms with Crippen LogP contribution in [0.4, 0.5) is 0 Å². The van der Waals surface area contributed by atoms with Crippen LogP contribution in [0, 0.1) is 0 Å². The SMILES string of the molecule is COc1ccc(C(=O)C(c2ccccc2)c2cc(C(C)(C)C)c(O)c(C(C)(C)C)c2)cc1. The van der Waals surface area contributed by atoms with Crippen LogP contribution in [-0.4, -0.2) is 18.0 Å². The number of hydrogen-bond donors (Lipinski definition) is 1. The minimum absolute atomic E-state index is 0.0178. The quantitative estimate of drug-likeness (QED) is 0.443. The number of benzene rings is 3. The van der Waals surface area contributed by atoms with Crippen molar-refractivity contribution in [3.05, 3.63) is 94.5 Å². The molecule has 3 aromatic carbocycles. The van der Waals surface area contributed by atoms with Crippen molar-refractivity contribution in [1.82, 2.24) is 0 Å². The normalized spacial score (nSPS) is 13.0. The number of carbonyl (C=O) groups is 1. The Balaban J connectivity index is 2.26. The number of phenols is 1. The van der Waals surface area contributed by atoms with Crippen LogP contribution in [0.3, 0.4) is 0 Å². The van der Waals surface area contributed by atoms with E-state index in [0.717, 1.165) is 22.3 Å². The molecule has 3 aromatic rings. The summed E-state index contributed by atoms with van der Waals surface area (Å²) in [4.78, 5) is 13.8. The van der Waals surface area contributed by atoms with E-state index in [0.29, 0.717) is 17.1 Å². The van der Waals surface area contributed by atoms with Crippen LogP contribution in [0.25, 0.3) is 0 Å². The van der Waals surface area contributed by atoms with E-state index in [9.17, 15) is 9.90 Å². The molecule has 3 rings (SSSR count). The van der Waals surface area contributed by atoms with Gasteiger partial charge in [0.15, 0.2) is 5.78 Å². The van der Waals surface area contributed by atoms with Gasteiger partial charge in [-0.1, -0.05) is 84.0 Å². The fourth-order valence-electron chi connectivity index (χ4n) is 4.03. The summed E-state index contributed by atoms with van der Waals surface area (Å²) in [7, 11) is 1.61. The van der Waals surface area contributed by atoms with Crippen LogP contribution < -0.4 is 4.74 Å². The molecule has 0 aliphatic heterocycles. The lowest BCUT2D eigenvalue weighted by atomic mass is 9.75. The number of ketones is 1. The monoisotopic (exact) mass is 430 g/mol. The molecule has 0 spiro atoms. The molecule has 1 atom stereocenters. The molecule has 0 heterocycles. The van der Waals surface area contributed by atoms with Crippen molar-refractivity contribution in [3.63, 3.8) is 0 Å². The first-order valence-electron chi connectivity index (χ1n) is 11.0. The molecule has 0 aromatic heterocycles. The number of rotatable bonds is 5. The second-order valence-electron chi connectivity index (χ2n) is 10.4. The summed E-state index contributed by atoms with van der Waals surface area (Å²) in [6.07, 6.45) is 0. The predicted molar refractivity (Wildman–Crippen MR) is 131 cm³/mol. The van der Waals surface area contributed by atoms with Crippen molar-refractivity contribution in [1.29, 1.82) is 0 Å². The van der Waals surface area contributed by atoms with Crippen molar-refractivity contribution >= 4 is 5.78 Å². The summed E-state index contributed by atoms with van der Waals surface area (Å²) in [6, 6.07) is 21.1. The number of methoxy groups -OCH3 is 1. The van der Waals surface area contributed by atoms with E-state index in [1.54, 1.807) is 7.11 Å². The van der Waals surface area contributed by atoms with Gasteiger partial charge in [0.05, 0.1) is 13.0 Å². The van der Waals surface area contributed by atoms with Gasteiger partial charge >= 0.3 is 0 Å². The average Bonchev–Trinajstić information content (AvgIpc) is 2.74. The zero-order chi connectivity index (χ0) is 23.7. The molecule has 0 aliphatic rings. The van der Waals surface area contributed by atoms with Crippen LogP contribution >= 0.6 is 0 Å². The van der Waals surface area contributed by atoms with Gasteiger partial charge in [0.2, 0.25) is 0 Å². The Morgan fingerprint density at radius 2 is 1.28 bits per heavy atom. The fourth-order valence-corrected chi connectivity index (χ4v) is 4.03. The highest BCUT2D eigenvalue weighted by molar-refractivity contribution is 6.03. The van der Waals surface area contributed by atoms with Crippen molar-refractivity contribution in [3.8, 4) is 11.5 Å². The highest BCUT2D eigenvalue weighted by Gasteiger charge is 2.31. The lowest BCUT2D eigenvalue weighted by molar-refractivity contribution is 0.0973. The van der Waals surface area contributed by atoms with Crippen LogP contribution in [-0.2, 0) is 10.8 Å². The topological polar surface area (TPSA) is 46.5 Å². The lowest BCUT2D eigenvalue weighted by Gasteiger charge is -2.30. The standard InChI is InChI=1S/C29H34O3/c1-28(2,3)23-17-21(18-24(27(23)31)29(4,5)6)25(19-11-9-8-10-12-19)26(30)20-13-15-22(32-7)16-14-20/h8-18,25,31H,1-7H3. The Bertz CT molecular complexity index is 1050. The van der Waals surface area contributed by atoms with Gasteiger partial charge in [-0.05, 0) is 57.3 Å². The molecular weight excluding hydrogens is 396 g/mol. The molecule has 0 amide bonds. The second kappa shape index (κ2) is 8.82. The average molecular weight is 431 g/mol. The number of ether oxygens (including phenoxy) is 1. The van der Waals surface area contributed by atoms with Gasteiger partial charge < -0.3 is 9.84 Å². The van der Waals surface area contributed by atoms with E-state index < -0.39 is 5.92 Å². The summed E-state index contributed by atoms with van der Waals surface area (Å²) in [5.74, 6) is 0.571. The van der Waals surface area contributed by atoms with Crippen molar-refractivity contribution in [2.75, 3.05) is 7.11 Å². The number of aromatic hydroxyl groups is 1. The smallest absolute Gasteiger partial charge is 0.174 e. The second-order valence-corrected chi connectivity index (χ2v) is 10.4. The minimum Gasteiger partial charge on any atom is -0.507 e. The molecule has 3 heteroatoms. The van der Waals surface area contributed by atoms with Crippen molar-refractivity contribution < 1.29 is 14.6 Å². The van der Waals surface area contributed by atoms with E-state index in [2.05, 4.69) is 41.5 Å². The minimum atomic E-state index is -0.479. The van der Waals surface area contributed by atoms with Crippen LogP contribution in [0.15, 0.2) is 66.7 Å². The van der Waals surface area contributed by atoms with Gasteiger partial charge in [-0.25, -0.2) is 0 Å². The van der Waals surface area contributed by atoms with Gasteiger partial charge in [0, 0.05) is 5.56 Å². The molecule has 168 valence electrons. The highest BCUT2D eigenvalue weighted by Crippen LogP contribution is 2.42. The van der Waals surface area contributed by atoms with Gasteiger partial charge in [0.25, 0.3) is 0 Å².